The number of piperazine rings is 1. The van der Waals surface area contributed by atoms with Gasteiger partial charge in [0.2, 0.25) is 6.41 Å². The van der Waals surface area contributed by atoms with Gasteiger partial charge in [-0.05, 0) is 65.5 Å². The van der Waals surface area contributed by atoms with Gasteiger partial charge in [0.25, 0.3) is 0 Å². The molecule has 2 saturated heterocycles. The number of carbonyl (C=O) groups excluding carboxylic acids is 2. The fourth-order valence-corrected chi connectivity index (χ4v) is 5.15. The van der Waals surface area contributed by atoms with Crippen LogP contribution in [0.2, 0.25) is 0 Å². The number of rotatable bonds is 8. The molecule has 8 nitrogen and oxygen atoms in total. The Morgan fingerprint density at radius 1 is 1.13 bits per heavy atom. The summed E-state index contributed by atoms with van der Waals surface area (Å²) in [5.74, 6) is -0.317. The van der Waals surface area contributed by atoms with Crippen molar-refractivity contribution in [2.24, 2.45) is 0 Å². The lowest BCUT2D eigenvalue weighted by atomic mass is 9.90. The fraction of sp³-hybridized carbons (Fsp3) is 0.909. The van der Waals surface area contributed by atoms with Gasteiger partial charge in [-0.2, -0.15) is 0 Å². The van der Waals surface area contributed by atoms with Gasteiger partial charge in [-0.1, -0.05) is 6.42 Å². The molecule has 0 atom stereocenters. The molecule has 3 fully saturated rings. The van der Waals surface area contributed by atoms with E-state index in [-0.39, 0.29) is 12.6 Å². The molecule has 8 heteroatoms. The van der Waals surface area contributed by atoms with Crippen LogP contribution in [0.3, 0.4) is 0 Å². The zero-order chi connectivity index (χ0) is 21.6. The van der Waals surface area contributed by atoms with E-state index >= 15 is 0 Å². The van der Waals surface area contributed by atoms with Crippen molar-refractivity contribution >= 4 is 12.4 Å². The summed E-state index contributed by atoms with van der Waals surface area (Å²) in [6.07, 6.45) is 8.22. The Kier molecular flexibility index (Phi) is 8.12. The third-order valence-corrected chi connectivity index (χ3v) is 6.68. The van der Waals surface area contributed by atoms with Crippen LogP contribution in [-0.4, -0.2) is 90.5 Å². The third kappa shape index (κ3) is 5.93. The van der Waals surface area contributed by atoms with Gasteiger partial charge in [0, 0.05) is 39.1 Å². The van der Waals surface area contributed by atoms with Crippen molar-refractivity contribution in [3.8, 4) is 0 Å². The molecule has 3 aliphatic rings. The molecule has 1 N–H and O–H groups in total. The first-order chi connectivity index (χ1) is 14.4. The SMILES string of the molecule is CC(=O)OC(C)(C)COC1(N(C=O)N2CCN(C3CCNCC3)CC2)CCCCC1. The second-order valence-electron chi connectivity index (χ2n) is 9.57. The molecule has 30 heavy (non-hydrogen) atoms. The molecular weight excluding hydrogens is 384 g/mol. The van der Waals surface area contributed by atoms with Crippen LogP contribution in [0.15, 0.2) is 0 Å². The van der Waals surface area contributed by atoms with E-state index in [4.69, 9.17) is 9.47 Å². The highest BCUT2D eigenvalue weighted by Crippen LogP contribution is 2.36. The molecule has 2 heterocycles. The lowest BCUT2D eigenvalue weighted by Crippen LogP contribution is -2.64. The average Bonchev–Trinajstić information content (AvgIpc) is 2.74. The molecule has 0 aromatic heterocycles. The van der Waals surface area contributed by atoms with E-state index in [0.717, 1.165) is 77.8 Å². The quantitative estimate of drug-likeness (QED) is 0.361. The second kappa shape index (κ2) is 10.4. The summed E-state index contributed by atoms with van der Waals surface area (Å²) in [6, 6.07) is 0.655. The average molecular weight is 425 g/mol. The number of nitrogens with one attached hydrogen (secondary N) is 1. The number of hydrazine groups is 1. The summed E-state index contributed by atoms with van der Waals surface area (Å²) < 4.78 is 11.9. The van der Waals surface area contributed by atoms with Gasteiger partial charge in [-0.25, -0.2) is 10.0 Å². The Hall–Kier alpha value is -1.22. The largest absolute Gasteiger partial charge is 0.457 e. The van der Waals surface area contributed by atoms with Crippen LogP contribution >= 0.6 is 0 Å². The molecule has 0 aromatic carbocycles. The lowest BCUT2D eigenvalue weighted by molar-refractivity contribution is -0.256. The van der Waals surface area contributed by atoms with Crippen molar-refractivity contribution in [3.05, 3.63) is 0 Å². The van der Waals surface area contributed by atoms with Crippen LogP contribution in [0.25, 0.3) is 0 Å². The highest BCUT2D eigenvalue weighted by Gasteiger charge is 2.44. The smallest absolute Gasteiger partial charge is 0.303 e. The van der Waals surface area contributed by atoms with Gasteiger partial charge in [0.15, 0.2) is 5.72 Å². The number of amides is 1. The van der Waals surface area contributed by atoms with Crippen molar-refractivity contribution in [2.45, 2.75) is 83.1 Å². The van der Waals surface area contributed by atoms with Gasteiger partial charge >= 0.3 is 5.97 Å². The van der Waals surface area contributed by atoms with Gasteiger partial charge in [-0.3, -0.25) is 14.5 Å². The highest BCUT2D eigenvalue weighted by atomic mass is 16.6. The maximum atomic E-state index is 12.3. The van der Waals surface area contributed by atoms with Gasteiger partial charge in [-0.15, -0.1) is 0 Å². The first-order valence-corrected chi connectivity index (χ1v) is 11.6. The number of nitrogens with zero attached hydrogens (tertiary/aromatic N) is 3. The van der Waals surface area contributed by atoms with Gasteiger partial charge < -0.3 is 14.8 Å². The fourth-order valence-electron chi connectivity index (χ4n) is 5.15. The molecular formula is C22H40N4O4. The van der Waals surface area contributed by atoms with E-state index in [1.807, 2.05) is 18.9 Å². The molecule has 0 aromatic rings. The Balaban J connectivity index is 1.64. The van der Waals surface area contributed by atoms with Crippen LogP contribution in [0.5, 0.6) is 0 Å². The molecule has 2 aliphatic heterocycles. The van der Waals surface area contributed by atoms with Crippen LogP contribution in [-0.2, 0) is 19.1 Å². The zero-order valence-corrected chi connectivity index (χ0v) is 19.0. The molecule has 3 rings (SSSR count). The number of hydrogen-bond acceptors (Lipinski definition) is 7. The topological polar surface area (TPSA) is 74.4 Å². The Labute approximate surface area is 181 Å². The molecule has 0 radical (unpaired) electrons. The minimum Gasteiger partial charge on any atom is -0.457 e. The second-order valence-corrected chi connectivity index (χ2v) is 9.57. The first-order valence-electron chi connectivity index (χ1n) is 11.6. The Morgan fingerprint density at radius 3 is 2.33 bits per heavy atom. The summed E-state index contributed by atoms with van der Waals surface area (Å²) in [5, 5.41) is 7.44. The Bertz CT molecular complexity index is 565. The van der Waals surface area contributed by atoms with Crippen LogP contribution in [0, 0.1) is 0 Å². The van der Waals surface area contributed by atoms with E-state index in [9.17, 15) is 9.59 Å². The van der Waals surface area contributed by atoms with Crippen molar-refractivity contribution < 1.29 is 19.1 Å². The summed E-state index contributed by atoms with van der Waals surface area (Å²) in [6.45, 7) is 11.2. The maximum Gasteiger partial charge on any atom is 0.303 e. The zero-order valence-electron chi connectivity index (χ0n) is 19.0. The molecule has 1 saturated carbocycles. The van der Waals surface area contributed by atoms with E-state index in [1.54, 1.807) is 0 Å². The predicted molar refractivity (Wildman–Crippen MR) is 115 cm³/mol. The minimum atomic E-state index is -0.724. The van der Waals surface area contributed by atoms with Crippen molar-refractivity contribution in [2.75, 3.05) is 45.9 Å². The molecule has 0 spiro atoms. The first kappa shape index (κ1) is 23.4. The van der Waals surface area contributed by atoms with E-state index in [1.165, 1.54) is 19.8 Å². The molecule has 1 amide bonds. The normalized spacial score (nSPS) is 24.4. The van der Waals surface area contributed by atoms with E-state index in [2.05, 4.69) is 15.2 Å². The van der Waals surface area contributed by atoms with Crippen molar-refractivity contribution in [1.29, 1.82) is 0 Å². The molecule has 0 unspecified atom stereocenters. The van der Waals surface area contributed by atoms with Crippen molar-refractivity contribution in [1.82, 2.24) is 20.2 Å². The molecule has 0 bridgehead atoms. The Morgan fingerprint density at radius 2 is 1.77 bits per heavy atom. The van der Waals surface area contributed by atoms with Crippen molar-refractivity contribution in [3.63, 3.8) is 0 Å². The summed E-state index contributed by atoms with van der Waals surface area (Å²) in [7, 11) is 0. The van der Waals surface area contributed by atoms with E-state index in [0.29, 0.717) is 6.04 Å². The highest BCUT2D eigenvalue weighted by molar-refractivity contribution is 5.66. The van der Waals surface area contributed by atoms with Gasteiger partial charge in [0.05, 0.1) is 6.61 Å². The summed E-state index contributed by atoms with van der Waals surface area (Å²) in [4.78, 5) is 26.3. The predicted octanol–water partition coefficient (Wildman–Crippen LogP) is 1.75. The number of esters is 1. The van der Waals surface area contributed by atoms with Crippen LogP contribution in [0.4, 0.5) is 0 Å². The lowest BCUT2D eigenvalue weighted by Gasteiger charge is -2.51. The third-order valence-electron chi connectivity index (χ3n) is 6.68. The van der Waals surface area contributed by atoms with Gasteiger partial charge in [0.1, 0.15) is 5.60 Å². The van der Waals surface area contributed by atoms with E-state index < -0.39 is 11.3 Å². The number of hydrogen-bond donors (Lipinski definition) is 1. The monoisotopic (exact) mass is 424 g/mol. The molecule has 1 aliphatic carbocycles. The number of carbonyl (C=O) groups is 2. The standard InChI is InChI=1S/C22H40N4O4/c1-19(28)30-21(2,3)17-29-22(9-5-4-6-10-22)26(18-27)25-15-13-24(14-16-25)20-7-11-23-12-8-20/h18,20,23H,4-17H2,1-3H3. The number of piperidine rings is 1. The summed E-state index contributed by atoms with van der Waals surface area (Å²) in [5.41, 5.74) is -1.37. The maximum absolute atomic E-state index is 12.3. The molecule has 172 valence electrons. The summed E-state index contributed by atoms with van der Waals surface area (Å²) >= 11 is 0. The van der Waals surface area contributed by atoms with Crippen LogP contribution < -0.4 is 5.32 Å². The number of ether oxygens (including phenoxy) is 2. The minimum absolute atomic E-state index is 0.270. The van der Waals surface area contributed by atoms with Crippen LogP contribution in [0.1, 0.15) is 65.7 Å².